The number of rotatable bonds is 6. The summed E-state index contributed by atoms with van der Waals surface area (Å²) >= 11 is 0. The second-order valence-electron chi connectivity index (χ2n) is 8.11. The predicted octanol–water partition coefficient (Wildman–Crippen LogP) is -0.462. The summed E-state index contributed by atoms with van der Waals surface area (Å²) in [7, 11) is 0. The fourth-order valence-corrected chi connectivity index (χ4v) is 4.39. The minimum Gasteiger partial charge on any atom is -0.392 e. The van der Waals surface area contributed by atoms with Crippen molar-refractivity contribution >= 4 is 23.6 Å². The van der Waals surface area contributed by atoms with Gasteiger partial charge in [0.05, 0.1) is 17.2 Å². The van der Waals surface area contributed by atoms with Gasteiger partial charge in [-0.25, -0.2) is 0 Å². The summed E-state index contributed by atoms with van der Waals surface area (Å²) in [4.78, 5) is 50.0. The highest BCUT2D eigenvalue weighted by Crippen LogP contribution is 2.28. The van der Waals surface area contributed by atoms with E-state index in [4.69, 9.17) is 0 Å². The average Bonchev–Trinajstić information content (AvgIpc) is 2.99. The van der Waals surface area contributed by atoms with Crippen LogP contribution in [0.1, 0.15) is 52.0 Å². The molecule has 4 N–H and O–H groups in total. The lowest BCUT2D eigenvalue weighted by Gasteiger charge is -2.27. The molecule has 0 aromatic heterocycles. The third-order valence-electron chi connectivity index (χ3n) is 6.11. The van der Waals surface area contributed by atoms with Crippen molar-refractivity contribution in [2.45, 2.75) is 44.4 Å². The summed E-state index contributed by atoms with van der Waals surface area (Å²) in [6, 6.07) is 4.06. The van der Waals surface area contributed by atoms with Gasteiger partial charge in [-0.15, -0.1) is 0 Å². The van der Waals surface area contributed by atoms with Gasteiger partial charge in [0.1, 0.15) is 6.04 Å². The Bertz CT molecular complexity index is 880. The van der Waals surface area contributed by atoms with Crippen LogP contribution in [0.2, 0.25) is 0 Å². The Morgan fingerprint density at radius 1 is 1.07 bits per heavy atom. The Kier molecular flexibility index (Phi) is 5.94. The largest absolute Gasteiger partial charge is 0.392 e. The van der Waals surface area contributed by atoms with Crippen LogP contribution in [0.5, 0.6) is 0 Å². The van der Waals surface area contributed by atoms with Crippen LogP contribution < -0.4 is 16.0 Å². The smallest absolute Gasteiger partial charge is 0.262 e. The summed E-state index contributed by atoms with van der Waals surface area (Å²) in [6.45, 7) is 2.75. The quantitative estimate of drug-likeness (QED) is 0.464. The minimum atomic E-state index is -0.961. The van der Waals surface area contributed by atoms with Gasteiger partial charge in [0.2, 0.25) is 11.8 Å². The highest BCUT2D eigenvalue weighted by molar-refractivity contribution is 6.23. The monoisotopic (exact) mass is 414 g/mol. The Balaban J connectivity index is 1.39. The number of fused-ring (bicyclic) bond motifs is 1. The molecule has 0 saturated carbocycles. The fraction of sp³-hybridized carbons (Fsp3) is 0.524. The van der Waals surface area contributed by atoms with E-state index in [1.807, 2.05) is 0 Å². The first-order valence-electron chi connectivity index (χ1n) is 10.4. The standard InChI is InChI=1S/C21H26N4O5/c26-17(13-5-7-22-8-6-13)11-23-10-12-1-2-14-15(9-12)21(30)25(20(14)29)16-3-4-18(27)24-19(16)28/h1-2,9,13,16-17,22-23,26H,3-8,10-11H2,(H,24,27,28). The summed E-state index contributed by atoms with van der Waals surface area (Å²) in [5, 5.41) is 19.0. The van der Waals surface area contributed by atoms with Crippen molar-refractivity contribution in [2.75, 3.05) is 19.6 Å². The number of benzene rings is 1. The van der Waals surface area contributed by atoms with Crippen LogP contribution in [0.15, 0.2) is 18.2 Å². The number of aliphatic hydroxyl groups excluding tert-OH is 1. The number of carbonyl (C=O) groups excluding carboxylic acids is 4. The van der Waals surface area contributed by atoms with E-state index in [9.17, 15) is 24.3 Å². The zero-order valence-corrected chi connectivity index (χ0v) is 16.6. The van der Waals surface area contributed by atoms with Crippen molar-refractivity contribution in [3.8, 4) is 0 Å². The molecule has 0 spiro atoms. The van der Waals surface area contributed by atoms with E-state index in [-0.39, 0.29) is 29.9 Å². The number of aliphatic hydroxyl groups is 1. The molecule has 30 heavy (non-hydrogen) atoms. The number of nitrogens with one attached hydrogen (secondary N) is 3. The normalized spacial score (nSPS) is 23.5. The lowest BCUT2D eigenvalue weighted by Crippen LogP contribution is -2.54. The molecule has 1 aromatic rings. The second-order valence-corrected chi connectivity index (χ2v) is 8.11. The predicted molar refractivity (Wildman–Crippen MR) is 106 cm³/mol. The van der Waals surface area contributed by atoms with Gasteiger partial charge in [-0.3, -0.25) is 29.4 Å². The molecule has 4 rings (SSSR count). The van der Waals surface area contributed by atoms with Crippen LogP contribution in [-0.2, 0) is 16.1 Å². The first kappa shape index (κ1) is 20.6. The maximum Gasteiger partial charge on any atom is 0.262 e. The van der Waals surface area contributed by atoms with Crippen molar-refractivity contribution in [3.05, 3.63) is 34.9 Å². The molecular weight excluding hydrogens is 388 g/mol. The van der Waals surface area contributed by atoms with Crippen molar-refractivity contribution in [1.82, 2.24) is 20.9 Å². The zero-order valence-electron chi connectivity index (χ0n) is 16.6. The molecule has 1 aromatic carbocycles. The van der Waals surface area contributed by atoms with Crippen molar-refractivity contribution < 1.29 is 24.3 Å². The third-order valence-corrected chi connectivity index (χ3v) is 6.11. The summed E-state index contributed by atoms with van der Waals surface area (Å²) < 4.78 is 0. The molecule has 3 aliphatic rings. The number of carbonyl (C=O) groups is 4. The molecule has 0 radical (unpaired) electrons. The zero-order chi connectivity index (χ0) is 21.3. The average molecular weight is 414 g/mol. The number of hydrogen-bond donors (Lipinski definition) is 4. The van der Waals surface area contributed by atoms with E-state index in [0.717, 1.165) is 36.4 Å². The number of nitrogens with zero attached hydrogens (tertiary/aromatic N) is 1. The molecule has 0 aliphatic carbocycles. The fourth-order valence-electron chi connectivity index (χ4n) is 4.39. The molecule has 9 nitrogen and oxygen atoms in total. The lowest BCUT2D eigenvalue weighted by atomic mass is 9.92. The molecule has 2 fully saturated rings. The molecule has 0 bridgehead atoms. The second kappa shape index (κ2) is 8.63. The highest BCUT2D eigenvalue weighted by atomic mass is 16.3. The van der Waals surface area contributed by atoms with Crippen LogP contribution >= 0.6 is 0 Å². The van der Waals surface area contributed by atoms with Crippen LogP contribution in [0.4, 0.5) is 0 Å². The van der Waals surface area contributed by atoms with E-state index in [1.54, 1.807) is 18.2 Å². The van der Waals surface area contributed by atoms with Crippen molar-refractivity contribution in [3.63, 3.8) is 0 Å². The van der Waals surface area contributed by atoms with E-state index in [2.05, 4.69) is 16.0 Å². The molecule has 4 amide bonds. The van der Waals surface area contributed by atoms with Crippen LogP contribution in [-0.4, -0.2) is 65.4 Å². The molecule has 3 aliphatic heterocycles. The molecule has 9 heteroatoms. The maximum atomic E-state index is 12.8. The summed E-state index contributed by atoms with van der Waals surface area (Å²) in [5.41, 5.74) is 1.35. The van der Waals surface area contributed by atoms with E-state index < -0.39 is 35.8 Å². The summed E-state index contributed by atoms with van der Waals surface area (Å²) in [6.07, 6.45) is 1.72. The number of hydrogen-bond acceptors (Lipinski definition) is 7. The lowest BCUT2D eigenvalue weighted by molar-refractivity contribution is -0.136. The van der Waals surface area contributed by atoms with Crippen LogP contribution in [0.3, 0.4) is 0 Å². The Morgan fingerprint density at radius 2 is 1.80 bits per heavy atom. The van der Waals surface area contributed by atoms with Crippen LogP contribution in [0.25, 0.3) is 0 Å². The van der Waals surface area contributed by atoms with Gasteiger partial charge in [-0.05, 0) is 56.0 Å². The maximum absolute atomic E-state index is 12.8. The number of amides is 4. The Hall–Kier alpha value is -2.62. The molecule has 160 valence electrons. The van der Waals surface area contributed by atoms with Gasteiger partial charge in [0, 0.05) is 19.5 Å². The first-order chi connectivity index (χ1) is 14.5. The van der Waals surface area contributed by atoms with E-state index >= 15 is 0 Å². The first-order valence-corrected chi connectivity index (χ1v) is 10.4. The highest BCUT2D eigenvalue weighted by Gasteiger charge is 2.44. The van der Waals surface area contributed by atoms with Gasteiger partial charge in [-0.1, -0.05) is 6.07 Å². The van der Waals surface area contributed by atoms with Gasteiger partial charge in [-0.2, -0.15) is 0 Å². The molecule has 2 saturated heterocycles. The minimum absolute atomic E-state index is 0.0956. The molecule has 2 unspecified atom stereocenters. The number of imide groups is 2. The van der Waals surface area contributed by atoms with E-state index in [0.29, 0.717) is 13.1 Å². The molecule has 2 atom stereocenters. The Labute approximate surface area is 174 Å². The summed E-state index contributed by atoms with van der Waals surface area (Å²) in [5.74, 6) is -1.76. The molecular formula is C21H26N4O5. The van der Waals surface area contributed by atoms with Gasteiger partial charge >= 0.3 is 0 Å². The van der Waals surface area contributed by atoms with Crippen molar-refractivity contribution in [1.29, 1.82) is 0 Å². The Morgan fingerprint density at radius 3 is 2.53 bits per heavy atom. The third kappa shape index (κ3) is 4.00. The van der Waals surface area contributed by atoms with E-state index in [1.165, 1.54) is 0 Å². The molecule has 3 heterocycles. The van der Waals surface area contributed by atoms with Gasteiger partial charge < -0.3 is 15.7 Å². The van der Waals surface area contributed by atoms with Crippen LogP contribution in [0, 0.1) is 5.92 Å². The van der Waals surface area contributed by atoms with Crippen molar-refractivity contribution in [2.24, 2.45) is 5.92 Å². The number of piperidine rings is 2. The van der Waals surface area contributed by atoms with Gasteiger partial charge in [0.15, 0.2) is 0 Å². The topological polar surface area (TPSA) is 128 Å². The van der Waals surface area contributed by atoms with Gasteiger partial charge in [0.25, 0.3) is 11.8 Å². The SMILES string of the molecule is O=C1CCC(N2C(=O)c3ccc(CNCC(O)C4CCNCC4)cc3C2=O)C(=O)N1.